The van der Waals surface area contributed by atoms with Gasteiger partial charge in [0.2, 0.25) is 0 Å². The van der Waals surface area contributed by atoms with Crippen LogP contribution in [0.15, 0.2) is 48.8 Å². The van der Waals surface area contributed by atoms with Gasteiger partial charge in [0.1, 0.15) is 18.0 Å². The van der Waals surface area contributed by atoms with Crippen LogP contribution in [0.4, 0.5) is 29.1 Å². The zero-order chi connectivity index (χ0) is 20.5. The Hall–Kier alpha value is -3.00. The molecule has 0 aliphatic heterocycles. The maximum Gasteiger partial charge on any atom is 0.419 e. The summed E-state index contributed by atoms with van der Waals surface area (Å²) in [6, 6.07) is 9.78. The number of hydrogen-bond acceptors (Lipinski definition) is 4. The van der Waals surface area contributed by atoms with Gasteiger partial charge in [0, 0.05) is 22.4 Å². The van der Waals surface area contributed by atoms with Crippen LogP contribution in [-0.2, 0) is 6.18 Å². The van der Waals surface area contributed by atoms with Crippen molar-refractivity contribution in [1.29, 1.82) is 0 Å². The summed E-state index contributed by atoms with van der Waals surface area (Å²) in [5, 5.41) is 13.0. The van der Waals surface area contributed by atoms with Crippen molar-refractivity contribution in [2.45, 2.75) is 26.1 Å². The van der Waals surface area contributed by atoms with E-state index >= 15 is 0 Å². The number of nitrogens with one attached hydrogen (secondary N) is 1. The number of aliphatic hydroxyl groups excluding tert-OH is 1. The van der Waals surface area contributed by atoms with E-state index in [-0.39, 0.29) is 5.56 Å². The van der Waals surface area contributed by atoms with Crippen molar-refractivity contribution in [2.75, 3.05) is 5.32 Å². The first kappa shape index (κ1) is 19.8. The Bertz CT molecular complexity index is 1000. The van der Waals surface area contributed by atoms with Gasteiger partial charge in [-0.2, -0.15) is 13.2 Å². The Morgan fingerprint density at radius 2 is 1.79 bits per heavy atom. The monoisotopic (exact) mass is 391 g/mol. The van der Waals surface area contributed by atoms with Gasteiger partial charge < -0.3 is 10.4 Å². The van der Waals surface area contributed by atoms with Crippen LogP contribution < -0.4 is 5.32 Å². The van der Waals surface area contributed by atoms with Crippen LogP contribution in [0.5, 0.6) is 0 Å². The molecule has 0 unspecified atom stereocenters. The van der Waals surface area contributed by atoms with Crippen molar-refractivity contribution < 1.29 is 22.7 Å². The van der Waals surface area contributed by atoms with Crippen molar-refractivity contribution in [1.82, 2.24) is 9.97 Å². The number of aliphatic hydroxyl groups is 1. The fourth-order valence-corrected chi connectivity index (χ4v) is 2.86. The molecular weight excluding hydrogens is 374 g/mol. The molecule has 0 saturated carbocycles. The van der Waals surface area contributed by atoms with Crippen LogP contribution in [0.1, 0.15) is 29.7 Å². The van der Waals surface area contributed by atoms with Crippen LogP contribution in [-0.4, -0.2) is 15.1 Å². The topological polar surface area (TPSA) is 58.0 Å². The van der Waals surface area contributed by atoms with Gasteiger partial charge in [-0.25, -0.2) is 14.4 Å². The smallest absolute Gasteiger partial charge is 0.389 e. The average molecular weight is 391 g/mol. The summed E-state index contributed by atoms with van der Waals surface area (Å²) in [6.07, 6.45) is -4.24. The molecule has 0 bridgehead atoms. The van der Waals surface area contributed by atoms with Gasteiger partial charge >= 0.3 is 6.18 Å². The number of rotatable bonds is 4. The summed E-state index contributed by atoms with van der Waals surface area (Å²) in [5.74, 6) is -0.963. The molecule has 0 spiro atoms. The highest BCUT2D eigenvalue weighted by atomic mass is 19.4. The lowest BCUT2D eigenvalue weighted by molar-refractivity contribution is -0.139. The number of nitrogens with zero attached hydrogens (tertiary/aromatic N) is 2. The molecule has 146 valence electrons. The van der Waals surface area contributed by atoms with Crippen molar-refractivity contribution in [3.63, 3.8) is 0 Å². The van der Waals surface area contributed by atoms with Crippen molar-refractivity contribution in [3.8, 4) is 11.3 Å². The van der Waals surface area contributed by atoms with Gasteiger partial charge in [-0.05, 0) is 32.0 Å². The fraction of sp³-hybridized carbons (Fsp3) is 0.200. The Morgan fingerprint density at radius 3 is 2.43 bits per heavy atom. The van der Waals surface area contributed by atoms with Crippen LogP contribution >= 0.6 is 0 Å². The van der Waals surface area contributed by atoms with E-state index in [1.807, 2.05) is 0 Å². The molecule has 28 heavy (non-hydrogen) atoms. The standard InChI is InChI=1S/C20H17F4N3O/c1-11-18(13-7-8-15(16(21)9-13)20(22,23)24)25-10-26-19(11)27-17-6-4-3-5-14(17)12(2)28/h3-10,12,28H,1-2H3,(H,25,26,27)/t12-/m1/s1. The van der Waals surface area contributed by atoms with E-state index in [1.54, 1.807) is 38.1 Å². The Kier molecular flexibility index (Phi) is 5.33. The lowest BCUT2D eigenvalue weighted by atomic mass is 10.0. The highest BCUT2D eigenvalue weighted by Gasteiger charge is 2.34. The molecule has 0 aliphatic rings. The minimum atomic E-state index is -4.76. The lowest BCUT2D eigenvalue weighted by Crippen LogP contribution is -2.08. The van der Waals surface area contributed by atoms with E-state index in [9.17, 15) is 22.7 Å². The predicted octanol–water partition coefficient (Wildman–Crippen LogP) is 5.41. The van der Waals surface area contributed by atoms with Crippen LogP contribution in [0.3, 0.4) is 0 Å². The van der Waals surface area contributed by atoms with Gasteiger partial charge in [0.25, 0.3) is 0 Å². The van der Waals surface area contributed by atoms with E-state index < -0.39 is 23.7 Å². The van der Waals surface area contributed by atoms with Gasteiger partial charge in [0.15, 0.2) is 0 Å². The summed E-state index contributed by atoms with van der Waals surface area (Å²) in [6.45, 7) is 3.31. The van der Waals surface area contributed by atoms with Crippen LogP contribution in [0.2, 0.25) is 0 Å². The third kappa shape index (κ3) is 3.96. The highest BCUT2D eigenvalue weighted by Crippen LogP contribution is 2.35. The van der Waals surface area contributed by atoms with E-state index in [1.165, 1.54) is 12.4 Å². The van der Waals surface area contributed by atoms with Crippen molar-refractivity contribution >= 4 is 11.5 Å². The number of alkyl halides is 3. The summed E-state index contributed by atoms with van der Waals surface area (Å²) in [7, 11) is 0. The van der Waals surface area contributed by atoms with Crippen molar-refractivity contribution in [3.05, 3.63) is 71.3 Å². The number of benzene rings is 2. The molecule has 1 atom stereocenters. The third-order valence-corrected chi connectivity index (χ3v) is 4.30. The summed E-state index contributed by atoms with van der Waals surface area (Å²) in [5.41, 5.74) is 0.998. The van der Waals surface area contributed by atoms with Gasteiger partial charge in [-0.15, -0.1) is 0 Å². The normalized spacial score (nSPS) is 12.7. The van der Waals surface area contributed by atoms with Gasteiger partial charge in [-0.3, -0.25) is 0 Å². The molecule has 0 fully saturated rings. The zero-order valence-corrected chi connectivity index (χ0v) is 15.0. The highest BCUT2D eigenvalue weighted by molar-refractivity contribution is 5.72. The molecule has 1 aromatic heterocycles. The SMILES string of the molecule is Cc1c(Nc2ccccc2[C@@H](C)O)ncnc1-c1ccc(C(F)(F)F)c(F)c1. The number of aromatic nitrogens is 2. The van der Waals surface area contributed by atoms with Gasteiger partial charge in [-0.1, -0.05) is 24.3 Å². The molecule has 3 rings (SSSR count). The van der Waals surface area contributed by atoms with E-state index in [0.717, 1.165) is 6.07 Å². The second kappa shape index (κ2) is 7.55. The maximum absolute atomic E-state index is 13.9. The second-order valence-electron chi connectivity index (χ2n) is 6.28. The first-order valence-electron chi connectivity index (χ1n) is 8.41. The first-order chi connectivity index (χ1) is 13.2. The maximum atomic E-state index is 13.9. The molecular formula is C20H17F4N3O. The zero-order valence-electron chi connectivity index (χ0n) is 15.0. The first-order valence-corrected chi connectivity index (χ1v) is 8.41. The second-order valence-corrected chi connectivity index (χ2v) is 6.28. The number of para-hydroxylation sites is 1. The molecule has 2 aromatic carbocycles. The predicted molar refractivity (Wildman–Crippen MR) is 97.5 cm³/mol. The van der Waals surface area contributed by atoms with Gasteiger partial charge in [0.05, 0.1) is 17.4 Å². The molecule has 2 N–H and O–H groups in total. The fourth-order valence-electron chi connectivity index (χ4n) is 2.86. The summed E-state index contributed by atoms with van der Waals surface area (Å²) in [4.78, 5) is 8.25. The van der Waals surface area contributed by atoms with Crippen LogP contribution in [0.25, 0.3) is 11.3 Å². The largest absolute Gasteiger partial charge is 0.419 e. The molecule has 3 aromatic rings. The summed E-state index contributed by atoms with van der Waals surface area (Å²) < 4.78 is 52.3. The van der Waals surface area contributed by atoms with Crippen molar-refractivity contribution in [2.24, 2.45) is 0 Å². The average Bonchev–Trinajstić information content (AvgIpc) is 2.62. The quantitative estimate of drug-likeness (QED) is 0.584. The minimum Gasteiger partial charge on any atom is -0.389 e. The Balaban J connectivity index is 2.00. The number of anilines is 2. The molecule has 0 saturated heterocycles. The number of hydrogen-bond donors (Lipinski definition) is 2. The molecule has 4 nitrogen and oxygen atoms in total. The summed E-state index contributed by atoms with van der Waals surface area (Å²) >= 11 is 0. The van der Waals surface area contributed by atoms with Crippen LogP contribution in [0, 0.1) is 12.7 Å². The van der Waals surface area contributed by atoms with E-state index in [0.29, 0.717) is 34.4 Å². The number of halogens is 4. The molecule has 0 aliphatic carbocycles. The minimum absolute atomic E-state index is 0.206. The third-order valence-electron chi connectivity index (χ3n) is 4.30. The van der Waals surface area contributed by atoms with E-state index in [4.69, 9.17) is 0 Å². The molecule has 0 amide bonds. The van der Waals surface area contributed by atoms with E-state index in [2.05, 4.69) is 15.3 Å². The Labute approximate surface area is 158 Å². The molecule has 0 radical (unpaired) electrons. The molecule has 1 heterocycles. The Morgan fingerprint density at radius 1 is 1.07 bits per heavy atom. The molecule has 8 heteroatoms. The lowest BCUT2D eigenvalue weighted by Gasteiger charge is -2.16.